The maximum Gasteiger partial charge on any atom is 0.407 e. The summed E-state index contributed by atoms with van der Waals surface area (Å²) in [6.45, 7) is 5.91. The maximum absolute atomic E-state index is 12.7. The molecule has 0 aliphatic heterocycles. The van der Waals surface area contributed by atoms with Gasteiger partial charge >= 0.3 is 12.1 Å². The second kappa shape index (κ2) is 11.0. The summed E-state index contributed by atoms with van der Waals surface area (Å²) in [5.41, 5.74) is 4.57. The van der Waals surface area contributed by atoms with E-state index in [-0.39, 0.29) is 37.3 Å². The zero-order chi connectivity index (χ0) is 24.0. The molecule has 3 rings (SSSR count). The molecule has 0 saturated heterocycles. The number of benzene rings is 2. The zero-order valence-corrected chi connectivity index (χ0v) is 19.4. The van der Waals surface area contributed by atoms with Crippen LogP contribution >= 0.6 is 0 Å². The van der Waals surface area contributed by atoms with Crippen molar-refractivity contribution >= 4 is 18.0 Å². The number of nitrogens with one attached hydrogen (secondary N) is 1. The Balaban J connectivity index is 1.63. The average Bonchev–Trinajstić information content (AvgIpc) is 3.10. The SMILES string of the molecule is CCCN(CC(=O)O)C(=O)C[C@@H](NC(=O)OCC1c2ccccc2-c2ccccc21)C(C)C. The lowest BCUT2D eigenvalue weighted by atomic mass is 9.98. The number of ether oxygens (including phenoxy) is 1. The average molecular weight is 453 g/mol. The Morgan fingerprint density at radius 2 is 1.61 bits per heavy atom. The number of fused-ring (bicyclic) bond motifs is 3. The van der Waals surface area contributed by atoms with Crippen molar-refractivity contribution < 1.29 is 24.2 Å². The van der Waals surface area contributed by atoms with E-state index in [1.54, 1.807) is 0 Å². The highest BCUT2D eigenvalue weighted by molar-refractivity contribution is 5.82. The van der Waals surface area contributed by atoms with Crippen LogP contribution in [-0.4, -0.2) is 53.7 Å². The van der Waals surface area contributed by atoms with Crippen molar-refractivity contribution in [2.45, 2.75) is 45.6 Å². The Labute approximate surface area is 194 Å². The van der Waals surface area contributed by atoms with Crippen molar-refractivity contribution in [2.24, 2.45) is 5.92 Å². The third-order valence-electron chi connectivity index (χ3n) is 6.02. The fourth-order valence-corrected chi connectivity index (χ4v) is 4.29. The Morgan fingerprint density at radius 1 is 1.03 bits per heavy atom. The number of amides is 2. The second-order valence-electron chi connectivity index (χ2n) is 8.73. The molecule has 0 bridgehead atoms. The number of carboxylic acid groups (broad SMARTS) is 1. The number of rotatable bonds is 10. The molecule has 33 heavy (non-hydrogen) atoms. The Morgan fingerprint density at radius 3 is 2.12 bits per heavy atom. The van der Waals surface area contributed by atoms with Gasteiger partial charge < -0.3 is 20.1 Å². The van der Waals surface area contributed by atoms with Crippen molar-refractivity contribution in [3.8, 4) is 11.1 Å². The molecule has 0 spiro atoms. The van der Waals surface area contributed by atoms with Crippen molar-refractivity contribution in [2.75, 3.05) is 19.7 Å². The maximum atomic E-state index is 12.7. The summed E-state index contributed by atoms with van der Waals surface area (Å²) in [6, 6.07) is 15.8. The Bertz CT molecular complexity index is 958. The van der Waals surface area contributed by atoms with Crippen LogP contribution in [0.2, 0.25) is 0 Å². The van der Waals surface area contributed by atoms with E-state index < -0.39 is 18.1 Å². The molecule has 0 radical (unpaired) electrons. The second-order valence-corrected chi connectivity index (χ2v) is 8.73. The van der Waals surface area contributed by atoms with Crippen LogP contribution < -0.4 is 5.32 Å². The number of alkyl carbamates (subject to hydrolysis) is 1. The molecule has 1 atom stereocenters. The molecule has 0 unspecified atom stereocenters. The molecular weight excluding hydrogens is 420 g/mol. The third kappa shape index (κ3) is 5.92. The predicted octanol–water partition coefficient (Wildman–Crippen LogP) is 4.26. The van der Waals surface area contributed by atoms with E-state index in [2.05, 4.69) is 29.6 Å². The van der Waals surface area contributed by atoms with E-state index >= 15 is 0 Å². The highest BCUT2D eigenvalue weighted by atomic mass is 16.5. The summed E-state index contributed by atoms with van der Waals surface area (Å²) in [7, 11) is 0. The molecule has 176 valence electrons. The normalized spacial score (nSPS) is 13.2. The van der Waals surface area contributed by atoms with Gasteiger partial charge in [0.2, 0.25) is 5.91 Å². The number of aliphatic carboxylic acids is 1. The first-order valence-corrected chi connectivity index (χ1v) is 11.4. The van der Waals surface area contributed by atoms with E-state index in [4.69, 9.17) is 9.84 Å². The van der Waals surface area contributed by atoms with Crippen LogP contribution in [0, 0.1) is 5.92 Å². The van der Waals surface area contributed by atoms with E-state index in [1.807, 2.05) is 45.0 Å². The van der Waals surface area contributed by atoms with Crippen LogP contribution in [0.15, 0.2) is 48.5 Å². The van der Waals surface area contributed by atoms with Gasteiger partial charge in [0.05, 0.1) is 0 Å². The van der Waals surface area contributed by atoms with Crippen molar-refractivity contribution in [1.29, 1.82) is 0 Å². The van der Waals surface area contributed by atoms with Gasteiger partial charge in [-0.2, -0.15) is 0 Å². The zero-order valence-electron chi connectivity index (χ0n) is 19.4. The van der Waals surface area contributed by atoms with E-state index in [0.29, 0.717) is 13.0 Å². The minimum atomic E-state index is -1.05. The molecule has 2 amide bonds. The monoisotopic (exact) mass is 452 g/mol. The van der Waals surface area contributed by atoms with Crippen molar-refractivity contribution in [1.82, 2.24) is 10.2 Å². The molecule has 0 saturated carbocycles. The van der Waals surface area contributed by atoms with Gasteiger partial charge in [0.1, 0.15) is 13.2 Å². The molecule has 1 aliphatic carbocycles. The standard InChI is InChI=1S/C26H32N2O5/c1-4-13-28(15-25(30)31)24(29)14-23(17(2)3)27-26(32)33-16-22-20-11-7-5-9-18(20)19-10-6-8-12-21(19)22/h5-12,17,22-23H,4,13-16H2,1-3H3,(H,27,32)(H,30,31)/t23-/m1/s1. The highest BCUT2D eigenvalue weighted by Gasteiger charge is 2.30. The van der Waals surface area contributed by atoms with Gasteiger partial charge in [0, 0.05) is 24.9 Å². The lowest BCUT2D eigenvalue weighted by molar-refractivity contribution is -0.144. The van der Waals surface area contributed by atoms with Gasteiger partial charge in [-0.3, -0.25) is 9.59 Å². The number of carboxylic acids is 1. The molecule has 2 N–H and O–H groups in total. The molecule has 7 heteroatoms. The van der Waals surface area contributed by atoms with Gasteiger partial charge in [-0.05, 0) is 34.6 Å². The Kier molecular flexibility index (Phi) is 8.09. The first-order valence-electron chi connectivity index (χ1n) is 11.4. The molecule has 0 heterocycles. The van der Waals surface area contributed by atoms with Crippen LogP contribution in [0.5, 0.6) is 0 Å². The number of hydrogen-bond donors (Lipinski definition) is 2. The van der Waals surface area contributed by atoms with Crippen LogP contribution in [0.25, 0.3) is 11.1 Å². The molecule has 0 fully saturated rings. The van der Waals surface area contributed by atoms with E-state index in [9.17, 15) is 14.4 Å². The molecule has 1 aliphatic rings. The van der Waals surface area contributed by atoms with Crippen LogP contribution in [-0.2, 0) is 14.3 Å². The minimum Gasteiger partial charge on any atom is -0.480 e. The number of hydrogen-bond acceptors (Lipinski definition) is 4. The fourth-order valence-electron chi connectivity index (χ4n) is 4.29. The van der Waals surface area contributed by atoms with Crippen LogP contribution in [0.1, 0.15) is 50.7 Å². The van der Waals surface area contributed by atoms with Gasteiger partial charge in [0.15, 0.2) is 0 Å². The predicted molar refractivity (Wildman–Crippen MR) is 126 cm³/mol. The summed E-state index contributed by atoms with van der Waals surface area (Å²) < 4.78 is 5.61. The molecule has 7 nitrogen and oxygen atoms in total. The highest BCUT2D eigenvalue weighted by Crippen LogP contribution is 2.44. The quantitative estimate of drug-likeness (QED) is 0.561. The van der Waals surface area contributed by atoms with E-state index in [1.165, 1.54) is 4.90 Å². The van der Waals surface area contributed by atoms with E-state index in [0.717, 1.165) is 22.3 Å². The Hall–Kier alpha value is -3.35. The number of carbonyl (C=O) groups is 3. The van der Waals surface area contributed by atoms with Gasteiger partial charge in [-0.25, -0.2) is 4.79 Å². The lowest BCUT2D eigenvalue weighted by Gasteiger charge is -2.26. The number of nitrogens with zero attached hydrogens (tertiary/aromatic N) is 1. The topological polar surface area (TPSA) is 95.9 Å². The first-order chi connectivity index (χ1) is 15.8. The molecular formula is C26H32N2O5. The molecule has 2 aromatic rings. The van der Waals surface area contributed by atoms with Crippen molar-refractivity contribution in [3.63, 3.8) is 0 Å². The summed E-state index contributed by atoms with van der Waals surface area (Å²) in [5.74, 6) is -1.42. The summed E-state index contributed by atoms with van der Waals surface area (Å²) in [4.78, 5) is 37.7. The molecule has 0 aromatic heterocycles. The van der Waals surface area contributed by atoms with Gasteiger partial charge in [-0.1, -0.05) is 69.3 Å². The van der Waals surface area contributed by atoms with Crippen LogP contribution in [0.3, 0.4) is 0 Å². The van der Waals surface area contributed by atoms with Gasteiger partial charge in [0.25, 0.3) is 0 Å². The summed E-state index contributed by atoms with van der Waals surface area (Å²) in [5, 5.41) is 11.9. The summed E-state index contributed by atoms with van der Waals surface area (Å²) >= 11 is 0. The third-order valence-corrected chi connectivity index (χ3v) is 6.02. The minimum absolute atomic E-state index is 0.0230. The van der Waals surface area contributed by atoms with Crippen LogP contribution in [0.4, 0.5) is 4.79 Å². The molecule has 2 aromatic carbocycles. The largest absolute Gasteiger partial charge is 0.480 e. The van der Waals surface area contributed by atoms with Gasteiger partial charge in [-0.15, -0.1) is 0 Å². The smallest absolute Gasteiger partial charge is 0.407 e. The summed E-state index contributed by atoms with van der Waals surface area (Å²) in [6.07, 6.45) is 0.101. The fraction of sp³-hybridized carbons (Fsp3) is 0.423. The number of carbonyl (C=O) groups excluding carboxylic acids is 2. The first kappa shape index (κ1) is 24.3. The lowest BCUT2D eigenvalue weighted by Crippen LogP contribution is -2.45. The van der Waals surface area contributed by atoms with Crippen molar-refractivity contribution in [3.05, 3.63) is 59.7 Å².